The minimum absolute atomic E-state index is 0.0540. The second-order valence-corrected chi connectivity index (χ2v) is 7.16. The molecular weight excluding hydrogens is 344 g/mol. The number of aromatic nitrogens is 2. The van der Waals surface area contributed by atoms with Crippen LogP contribution in [0.2, 0.25) is 0 Å². The minimum Gasteiger partial charge on any atom is -0.497 e. The number of H-pyrrole nitrogens is 1. The zero-order valence-corrected chi connectivity index (χ0v) is 16.2. The van der Waals surface area contributed by atoms with Crippen molar-refractivity contribution in [1.82, 2.24) is 20.0 Å². The Bertz CT molecular complexity index is 776. The third-order valence-electron chi connectivity index (χ3n) is 5.41. The number of hydrogen-bond acceptors (Lipinski definition) is 5. The van der Waals surface area contributed by atoms with Crippen LogP contribution in [0.1, 0.15) is 17.3 Å². The van der Waals surface area contributed by atoms with Crippen molar-refractivity contribution < 1.29 is 14.6 Å². The first-order chi connectivity index (χ1) is 13.1. The molecule has 0 unspecified atom stereocenters. The van der Waals surface area contributed by atoms with Gasteiger partial charge in [0.25, 0.3) is 5.91 Å². The van der Waals surface area contributed by atoms with Crippen molar-refractivity contribution in [1.29, 1.82) is 0 Å². The Morgan fingerprint density at radius 1 is 1.41 bits per heavy atom. The molecule has 1 aliphatic heterocycles. The molecule has 1 saturated heterocycles. The lowest BCUT2D eigenvalue weighted by molar-refractivity contribution is 0.0780. The summed E-state index contributed by atoms with van der Waals surface area (Å²) in [4.78, 5) is 17.2. The van der Waals surface area contributed by atoms with Gasteiger partial charge in [-0.15, -0.1) is 0 Å². The molecule has 1 aromatic carbocycles. The van der Waals surface area contributed by atoms with Crippen molar-refractivity contribution >= 4 is 5.91 Å². The van der Waals surface area contributed by atoms with Crippen LogP contribution in [0.25, 0.3) is 11.3 Å². The lowest BCUT2D eigenvalue weighted by Gasteiger charge is -2.22. The van der Waals surface area contributed by atoms with E-state index in [9.17, 15) is 9.90 Å². The van der Waals surface area contributed by atoms with Gasteiger partial charge in [0.1, 0.15) is 5.75 Å². The van der Waals surface area contributed by atoms with E-state index in [1.807, 2.05) is 29.2 Å². The molecule has 2 aromatic rings. The van der Waals surface area contributed by atoms with Gasteiger partial charge in [-0.2, -0.15) is 5.10 Å². The fraction of sp³-hybridized carbons (Fsp3) is 0.500. The molecule has 7 heteroatoms. The first-order valence-corrected chi connectivity index (χ1v) is 9.33. The fourth-order valence-electron chi connectivity index (χ4n) is 3.66. The molecule has 1 aliphatic rings. The van der Waals surface area contributed by atoms with Crippen LogP contribution >= 0.6 is 0 Å². The van der Waals surface area contributed by atoms with E-state index in [0.29, 0.717) is 24.3 Å². The quantitative estimate of drug-likeness (QED) is 0.773. The maximum absolute atomic E-state index is 13.2. The second-order valence-electron chi connectivity index (χ2n) is 7.16. The molecule has 1 amide bonds. The SMILES string of the molecule is CCN(C)C[C@@H]1CN(C(=O)c2cn[nH]c2-c2cccc(OC)c2)C[C@@H]1CO. The van der Waals surface area contributed by atoms with Gasteiger partial charge in [0, 0.05) is 37.7 Å². The summed E-state index contributed by atoms with van der Waals surface area (Å²) in [5, 5.41) is 16.8. The van der Waals surface area contributed by atoms with Crippen molar-refractivity contribution in [2.75, 3.05) is 46.9 Å². The Hall–Kier alpha value is -2.38. The van der Waals surface area contributed by atoms with Crippen molar-refractivity contribution in [2.45, 2.75) is 6.92 Å². The molecule has 146 valence electrons. The monoisotopic (exact) mass is 372 g/mol. The second kappa shape index (κ2) is 8.54. The van der Waals surface area contributed by atoms with Crippen molar-refractivity contribution in [3.63, 3.8) is 0 Å². The first kappa shape index (κ1) is 19.4. The maximum atomic E-state index is 13.2. The number of rotatable bonds is 7. The number of benzene rings is 1. The third kappa shape index (κ3) is 4.14. The highest BCUT2D eigenvalue weighted by atomic mass is 16.5. The topological polar surface area (TPSA) is 81.7 Å². The molecule has 0 spiro atoms. The van der Waals surface area contributed by atoms with E-state index < -0.39 is 0 Å². The van der Waals surface area contributed by atoms with E-state index in [4.69, 9.17) is 4.74 Å². The van der Waals surface area contributed by atoms with Crippen molar-refractivity contribution in [2.24, 2.45) is 11.8 Å². The number of aliphatic hydroxyl groups is 1. The highest BCUT2D eigenvalue weighted by Crippen LogP contribution is 2.29. The van der Waals surface area contributed by atoms with Crippen molar-refractivity contribution in [3.8, 4) is 17.0 Å². The summed E-state index contributed by atoms with van der Waals surface area (Å²) in [6, 6.07) is 7.55. The van der Waals surface area contributed by atoms with E-state index in [1.54, 1.807) is 13.3 Å². The molecule has 2 heterocycles. The third-order valence-corrected chi connectivity index (χ3v) is 5.41. The van der Waals surface area contributed by atoms with E-state index in [1.165, 1.54) is 0 Å². The molecule has 0 aliphatic carbocycles. The zero-order chi connectivity index (χ0) is 19.4. The summed E-state index contributed by atoms with van der Waals surface area (Å²) < 4.78 is 5.28. The largest absolute Gasteiger partial charge is 0.497 e. The molecule has 3 rings (SSSR count). The van der Waals surface area contributed by atoms with Crippen LogP contribution < -0.4 is 4.74 Å². The standard InChI is InChI=1S/C20H28N4O3/c1-4-23(2)10-15-11-24(12-16(15)13-25)20(26)18-9-21-22-19(18)14-6-5-7-17(8-14)27-3/h5-9,15-16,25H,4,10-13H2,1-3H3,(H,21,22)/t15-,16-/m1/s1. The number of nitrogens with zero attached hydrogens (tertiary/aromatic N) is 3. The lowest BCUT2D eigenvalue weighted by atomic mass is 9.96. The number of carbonyl (C=O) groups excluding carboxylic acids is 1. The van der Waals surface area contributed by atoms with E-state index in [0.717, 1.165) is 24.4 Å². The number of likely N-dealkylation sites (tertiary alicyclic amines) is 1. The number of aliphatic hydroxyl groups excluding tert-OH is 1. The highest BCUT2D eigenvalue weighted by Gasteiger charge is 2.36. The number of methoxy groups -OCH3 is 1. The van der Waals surface area contributed by atoms with Crippen LogP contribution in [0, 0.1) is 11.8 Å². The van der Waals surface area contributed by atoms with Gasteiger partial charge < -0.3 is 19.6 Å². The Labute approximate surface area is 159 Å². The van der Waals surface area contributed by atoms with Gasteiger partial charge in [-0.05, 0) is 31.6 Å². The Morgan fingerprint density at radius 2 is 2.19 bits per heavy atom. The van der Waals surface area contributed by atoms with Crippen LogP contribution in [0.5, 0.6) is 5.75 Å². The van der Waals surface area contributed by atoms with Crippen LogP contribution in [-0.4, -0.2) is 78.0 Å². The number of aromatic amines is 1. The summed E-state index contributed by atoms with van der Waals surface area (Å²) in [5.41, 5.74) is 2.09. The van der Waals surface area contributed by atoms with Crippen molar-refractivity contribution in [3.05, 3.63) is 36.0 Å². The number of nitrogens with one attached hydrogen (secondary N) is 1. The van der Waals surface area contributed by atoms with Gasteiger partial charge in [0.05, 0.1) is 24.6 Å². The van der Waals surface area contributed by atoms with Gasteiger partial charge in [-0.3, -0.25) is 9.89 Å². The molecular formula is C20H28N4O3. The number of amides is 1. The van der Waals surface area contributed by atoms with Gasteiger partial charge in [0.15, 0.2) is 0 Å². The smallest absolute Gasteiger partial charge is 0.257 e. The summed E-state index contributed by atoms with van der Waals surface area (Å²) in [7, 11) is 3.68. The normalized spacial score (nSPS) is 19.7. The summed E-state index contributed by atoms with van der Waals surface area (Å²) in [6.45, 7) is 5.25. The summed E-state index contributed by atoms with van der Waals surface area (Å²) >= 11 is 0. The molecule has 27 heavy (non-hydrogen) atoms. The van der Waals surface area contributed by atoms with E-state index in [2.05, 4.69) is 29.1 Å². The number of carbonyl (C=O) groups is 1. The van der Waals surface area contributed by atoms with Gasteiger partial charge in [-0.25, -0.2) is 0 Å². The zero-order valence-electron chi connectivity index (χ0n) is 16.2. The van der Waals surface area contributed by atoms with E-state index in [-0.39, 0.29) is 24.3 Å². The average molecular weight is 372 g/mol. The summed E-state index contributed by atoms with van der Waals surface area (Å²) in [6.07, 6.45) is 1.58. The lowest BCUT2D eigenvalue weighted by Crippen LogP contribution is -2.32. The average Bonchev–Trinajstić information content (AvgIpc) is 3.34. The number of hydrogen-bond donors (Lipinski definition) is 2. The van der Waals surface area contributed by atoms with Gasteiger partial charge in [0.2, 0.25) is 0 Å². The van der Waals surface area contributed by atoms with Crippen LogP contribution in [0.4, 0.5) is 0 Å². The minimum atomic E-state index is -0.0540. The number of ether oxygens (including phenoxy) is 1. The van der Waals surface area contributed by atoms with Crippen LogP contribution in [0.15, 0.2) is 30.5 Å². The predicted octanol–water partition coefficient (Wildman–Crippen LogP) is 1.72. The van der Waals surface area contributed by atoms with Gasteiger partial charge in [-0.1, -0.05) is 19.1 Å². The molecule has 0 bridgehead atoms. The predicted molar refractivity (Wildman–Crippen MR) is 104 cm³/mol. The maximum Gasteiger partial charge on any atom is 0.257 e. The fourth-order valence-corrected chi connectivity index (χ4v) is 3.66. The Balaban J connectivity index is 1.80. The Kier molecular flexibility index (Phi) is 6.13. The molecule has 0 saturated carbocycles. The first-order valence-electron chi connectivity index (χ1n) is 9.33. The summed E-state index contributed by atoms with van der Waals surface area (Å²) in [5.74, 6) is 1.05. The molecule has 7 nitrogen and oxygen atoms in total. The Morgan fingerprint density at radius 3 is 2.89 bits per heavy atom. The molecule has 2 N–H and O–H groups in total. The highest BCUT2D eigenvalue weighted by molar-refractivity contribution is 6.00. The molecule has 1 fully saturated rings. The van der Waals surface area contributed by atoms with Crippen LogP contribution in [0.3, 0.4) is 0 Å². The molecule has 2 atom stereocenters. The molecule has 0 radical (unpaired) electrons. The van der Waals surface area contributed by atoms with E-state index >= 15 is 0 Å². The van der Waals surface area contributed by atoms with Crippen LogP contribution in [-0.2, 0) is 0 Å². The molecule has 1 aromatic heterocycles. The van der Waals surface area contributed by atoms with Gasteiger partial charge >= 0.3 is 0 Å².